The Kier molecular flexibility index (Phi) is 5.24. The number of halogens is 1. The lowest BCUT2D eigenvalue weighted by atomic mass is 10.1. The standard InChI is InChI=1S/C22H22FN7O/c23-17-2-1-3-19(10-17)30-15-25-22(27-30)26-18-8-16(12-24)9-20(11-18)28-4-6-29(7-5-28)21-13-31-14-21/h1-3,8-11,15,21H,4-7,13-14H2,(H,26,27). The van der Waals surface area contributed by atoms with E-state index in [0.29, 0.717) is 23.2 Å². The molecule has 0 saturated carbocycles. The molecule has 2 saturated heterocycles. The van der Waals surface area contributed by atoms with Crippen molar-refractivity contribution in [3.63, 3.8) is 0 Å². The second kappa shape index (κ2) is 8.34. The summed E-state index contributed by atoms with van der Waals surface area (Å²) in [4.78, 5) is 9.02. The van der Waals surface area contributed by atoms with E-state index in [9.17, 15) is 9.65 Å². The minimum absolute atomic E-state index is 0.334. The summed E-state index contributed by atoms with van der Waals surface area (Å²) < 4.78 is 20.3. The van der Waals surface area contributed by atoms with Gasteiger partial charge in [-0.1, -0.05) is 6.07 Å². The zero-order chi connectivity index (χ0) is 21.2. The maximum Gasteiger partial charge on any atom is 0.246 e. The van der Waals surface area contributed by atoms with E-state index < -0.39 is 0 Å². The molecule has 2 aromatic carbocycles. The van der Waals surface area contributed by atoms with E-state index in [4.69, 9.17) is 4.74 Å². The molecule has 2 aliphatic rings. The Morgan fingerprint density at radius 1 is 1.06 bits per heavy atom. The third kappa shape index (κ3) is 4.21. The predicted molar refractivity (Wildman–Crippen MR) is 114 cm³/mol. The number of anilines is 3. The van der Waals surface area contributed by atoms with Gasteiger partial charge in [-0.25, -0.2) is 9.07 Å². The van der Waals surface area contributed by atoms with Crippen molar-refractivity contribution in [3.05, 3.63) is 60.2 Å². The molecule has 1 aromatic heterocycles. The Morgan fingerprint density at radius 3 is 2.61 bits per heavy atom. The quantitative estimate of drug-likeness (QED) is 0.681. The van der Waals surface area contributed by atoms with Crippen molar-refractivity contribution in [2.45, 2.75) is 6.04 Å². The van der Waals surface area contributed by atoms with E-state index in [0.717, 1.165) is 50.8 Å². The number of rotatable bonds is 5. The fourth-order valence-electron chi connectivity index (χ4n) is 3.90. The molecular formula is C22H22FN7O. The molecule has 3 aromatic rings. The van der Waals surface area contributed by atoms with E-state index in [1.807, 2.05) is 12.1 Å². The molecule has 158 valence electrons. The Hall–Kier alpha value is -3.48. The summed E-state index contributed by atoms with van der Waals surface area (Å²) in [5.41, 5.74) is 2.89. The summed E-state index contributed by atoms with van der Waals surface area (Å²) in [7, 11) is 0. The summed E-state index contributed by atoms with van der Waals surface area (Å²) in [6.45, 7) is 5.41. The van der Waals surface area contributed by atoms with Crippen LogP contribution in [0, 0.1) is 17.1 Å². The van der Waals surface area contributed by atoms with Crippen LogP contribution in [0.1, 0.15) is 5.56 Å². The molecule has 0 bridgehead atoms. The minimum Gasteiger partial charge on any atom is -0.378 e. The van der Waals surface area contributed by atoms with E-state index in [1.54, 1.807) is 18.2 Å². The number of hydrogen-bond donors (Lipinski definition) is 1. The molecule has 0 spiro atoms. The molecular weight excluding hydrogens is 397 g/mol. The van der Waals surface area contributed by atoms with Gasteiger partial charge in [0.2, 0.25) is 5.95 Å². The van der Waals surface area contributed by atoms with Crippen LogP contribution in [0.15, 0.2) is 48.8 Å². The van der Waals surface area contributed by atoms with Gasteiger partial charge in [-0.3, -0.25) is 4.90 Å². The van der Waals surface area contributed by atoms with Crippen molar-refractivity contribution in [2.24, 2.45) is 0 Å². The van der Waals surface area contributed by atoms with Crippen LogP contribution >= 0.6 is 0 Å². The predicted octanol–water partition coefficient (Wildman–Crippen LogP) is 2.54. The van der Waals surface area contributed by atoms with E-state index >= 15 is 0 Å². The highest BCUT2D eigenvalue weighted by atomic mass is 19.1. The summed E-state index contributed by atoms with van der Waals surface area (Å²) >= 11 is 0. The lowest BCUT2D eigenvalue weighted by Crippen LogP contribution is -2.56. The molecule has 3 heterocycles. The van der Waals surface area contributed by atoms with Crippen LogP contribution < -0.4 is 10.2 Å². The monoisotopic (exact) mass is 419 g/mol. The van der Waals surface area contributed by atoms with Crippen LogP contribution in [0.5, 0.6) is 0 Å². The van der Waals surface area contributed by atoms with Crippen LogP contribution in [-0.2, 0) is 4.74 Å². The van der Waals surface area contributed by atoms with Gasteiger partial charge in [0.25, 0.3) is 0 Å². The molecule has 0 amide bonds. The molecule has 5 rings (SSSR count). The topological polar surface area (TPSA) is 82.2 Å². The first-order valence-corrected chi connectivity index (χ1v) is 10.2. The van der Waals surface area contributed by atoms with Gasteiger partial charge in [0.05, 0.1) is 36.6 Å². The lowest BCUT2D eigenvalue weighted by molar-refractivity contribution is -0.0660. The Morgan fingerprint density at radius 2 is 1.90 bits per heavy atom. The number of nitrogens with one attached hydrogen (secondary N) is 1. The van der Waals surface area contributed by atoms with Gasteiger partial charge in [0.1, 0.15) is 12.1 Å². The van der Waals surface area contributed by atoms with Crippen LogP contribution in [0.3, 0.4) is 0 Å². The molecule has 2 aliphatic heterocycles. The lowest BCUT2D eigenvalue weighted by Gasteiger charge is -2.43. The smallest absolute Gasteiger partial charge is 0.246 e. The number of piperazine rings is 1. The van der Waals surface area contributed by atoms with Gasteiger partial charge in [0, 0.05) is 37.6 Å². The number of nitriles is 1. The maximum absolute atomic E-state index is 13.5. The molecule has 31 heavy (non-hydrogen) atoms. The average Bonchev–Trinajstić information content (AvgIpc) is 3.21. The van der Waals surface area contributed by atoms with Crippen LogP contribution in [0.4, 0.5) is 21.7 Å². The number of nitrogens with zero attached hydrogens (tertiary/aromatic N) is 6. The summed E-state index contributed by atoms with van der Waals surface area (Å²) in [5, 5.41) is 17.0. The normalized spacial score (nSPS) is 17.2. The zero-order valence-electron chi connectivity index (χ0n) is 16.9. The van der Waals surface area contributed by atoms with Gasteiger partial charge < -0.3 is 15.0 Å². The van der Waals surface area contributed by atoms with Crippen molar-refractivity contribution < 1.29 is 9.13 Å². The Bertz CT molecular complexity index is 1110. The molecule has 0 unspecified atom stereocenters. The van der Waals surface area contributed by atoms with E-state index in [1.165, 1.54) is 23.1 Å². The molecule has 0 radical (unpaired) electrons. The first kappa shape index (κ1) is 19.5. The van der Waals surface area contributed by atoms with Gasteiger partial charge in [-0.2, -0.15) is 10.2 Å². The summed E-state index contributed by atoms with van der Waals surface area (Å²) in [5.74, 6) is 0.0407. The largest absolute Gasteiger partial charge is 0.378 e. The third-order valence-electron chi connectivity index (χ3n) is 5.68. The number of ether oxygens (including phenoxy) is 1. The average molecular weight is 419 g/mol. The fourth-order valence-corrected chi connectivity index (χ4v) is 3.90. The number of benzene rings is 2. The van der Waals surface area contributed by atoms with Crippen LogP contribution in [0.25, 0.3) is 5.69 Å². The van der Waals surface area contributed by atoms with Crippen LogP contribution in [0.2, 0.25) is 0 Å². The van der Waals surface area contributed by atoms with Crippen molar-refractivity contribution in [1.82, 2.24) is 19.7 Å². The maximum atomic E-state index is 13.5. The van der Waals surface area contributed by atoms with Crippen molar-refractivity contribution >= 4 is 17.3 Å². The van der Waals surface area contributed by atoms with Gasteiger partial charge in [-0.15, -0.1) is 5.10 Å². The van der Waals surface area contributed by atoms with Gasteiger partial charge in [-0.05, 0) is 36.4 Å². The molecule has 0 atom stereocenters. The van der Waals surface area contributed by atoms with Crippen molar-refractivity contribution in [2.75, 3.05) is 49.6 Å². The number of hydrogen-bond acceptors (Lipinski definition) is 7. The van der Waals surface area contributed by atoms with Crippen molar-refractivity contribution in [3.8, 4) is 11.8 Å². The fraction of sp³-hybridized carbons (Fsp3) is 0.318. The van der Waals surface area contributed by atoms with Gasteiger partial charge in [0.15, 0.2) is 0 Å². The van der Waals surface area contributed by atoms with E-state index in [2.05, 4.69) is 31.3 Å². The second-order valence-electron chi connectivity index (χ2n) is 7.71. The molecule has 9 heteroatoms. The highest BCUT2D eigenvalue weighted by Gasteiger charge is 2.29. The molecule has 8 nitrogen and oxygen atoms in total. The molecule has 2 fully saturated rings. The van der Waals surface area contributed by atoms with Gasteiger partial charge >= 0.3 is 0 Å². The SMILES string of the molecule is N#Cc1cc(Nc2ncn(-c3cccc(F)c3)n2)cc(N2CCN(C3COC3)CC2)c1. The first-order valence-electron chi connectivity index (χ1n) is 10.2. The second-order valence-corrected chi connectivity index (χ2v) is 7.71. The number of aromatic nitrogens is 3. The van der Waals surface area contributed by atoms with Crippen molar-refractivity contribution in [1.29, 1.82) is 5.26 Å². The summed E-state index contributed by atoms with van der Waals surface area (Å²) in [6.07, 6.45) is 1.52. The van der Waals surface area contributed by atoms with E-state index in [-0.39, 0.29) is 5.82 Å². The Labute approximate surface area is 179 Å². The summed E-state index contributed by atoms with van der Waals surface area (Å²) in [6, 6.07) is 14.6. The first-order chi connectivity index (χ1) is 15.2. The minimum atomic E-state index is -0.334. The zero-order valence-corrected chi connectivity index (χ0v) is 16.9. The van der Waals surface area contributed by atoms with Crippen LogP contribution in [-0.4, -0.2) is 65.1 Å². The third-order valence-corrected chi connectivity index (χ3v) is 5.68. The highest BCUT2D eigenvalue weighted by molar-refractivity contribution is 5.66. The Balaban J connectivity index is 1.31. The highest BCUT2D eigenvalue weighted by Crippen LogP contribution is 2.26. The molecule has 1 N–H and O–H groups in total. The molecule has 0 aliphatic carbocycles.